The summed E-state index contributed by atoms with van der Waals surface area (Å²) in [5.74, 6) is 5.00. The highest BCUT2D eigenvalue weighted by Gasteiger charge is 2.07. The molecule has 0 aliphatic carbocycles. The molecule has 0 aliphatic heterocycles. The molecule has 0 aromatic heterocycles. The smallest absolute Gasteiger partial charge is 0.104 e. The Morgan fingerprint density at radius 2 is 1.53 bits per heavy atom. The van der Waals surface area contributed by atoms with Gasteiger partial charge in [0.2, 0.25) is 0 Å². The van der Waals surface area contributed by atoms with Gasteiger partial charge in [0.15, 0.2) is 0 Å². The maximum absolute atomic E-state index is 5.00. The number of halogens is 1. The molecule has 0 spiro atoms. The van der Waals surface area contributed by atoms with E-state index in [4.69, 9.17) is 5.90 Å². The summed E-state index contributed by atoms with van der Waals surface area (Å²) in [7, 11) is 6.53. The van der Waals surface area contributed by atoms with Crippen LogP contribution in [0.4, 0.5) is 0 Å². The van der Waals surface area contributed by atoms with Crippen molar-refractivity contribution in [1.29, 1.82) is 0 Å². The molecule has 0 aliphatic rings. The lowest BCUT2D eigenvalue weighted by Crippen LogP contribution is -3.00. The first-order valence-corrected chi connectivity index (χ1v) is 4.71. The van der Waals surface area contributed by atoms with E-state index < -0.39 is 0 Å². The third kappa shape index (κ3) is 5.74. The Labute approximate surface area is 97.8 Å². The van der Waals surface area contributed by atoms with Crippen LogP contribution in [-0.2, 0) is 18.0 Å². The monoisotopic (exact) mass is 230 g/mol. The van der Waals surface area contributed by atoms with Crippen LogP contribution in [0, 0.1) is 0 Å². The summed E-state index contributed by atoms with van der Waals surface area (Å²) in [5, 5.41) is 0. The summed E-state index contributed by atoms with van der Waals surface area (Å²) >= 11 is 0. The maximum Gasteiger partial charge on any atom is 0.104 e. The van der Waals surface area contributed by atoms with Crippen molar-refractivity contribution in [2.75, 3.05) is 21.1 Å². The van der Waals surface area contributed by atoms with E-state index in [1.54, 1.807) is 0 Å². The van der Waals surface area contributed by atoms with Gasteiger partial charge in [-0.2, -0.15) is 0 Å². The van der Waals surface area contributed by atoms with Crippen molar-refractivity contribution >= 4 is 0 Å². The molecule has 0 fully saturated rings. The average molecular weight is 231 g/mol. The van der Waals surface area contributed by atoms with Gasteiger partial charge in [0.05, 0.1) is 27.7 Å². The lowest BCUT2D eigenvalue weighted by atomic mass is 10.1. The van der Waals surface area contributed by atoms with Gasteiger partial charge in [-0.25, -0.2) is 5.90 Å². The fraction of sp³-hybridized carbons (Fsp3) is 0.455. The molecular formula is C11H19ClN2O. The van der Waals surface area contributed by atoms with Crippen LogP contribution in [0.2, 0.25) is 0 Å². The van der Waals surface area contributed by atoms with Crippen LogP contribution < -0.4 is 18.3 Å². The molecule has 1 rings (SSSR count). The standard InChI is InChI=1S/C11H19N2O.ClH/c1-13(2,3)8-10-4-6-11(7-5-10)9-14-12;/h4-7H,8-9,12H2,1-3H3;1H/q+1;/p-1. The molecule has 0 amide bonds. The summed E-state index contributed by atoms with van der Waals surface area (Å²) in [6.07, 6.45) is 0. The molecule has 0 unspecified atom stereocenters. The molecule has 1 aromatic rings. The molecule has 0 heterocycles. The minimum atomic E-state index is 0. The number of hydrogen-bond acceptors (Lipinski definition) is 2. The largest absolute Gasteiger partial charge is 1.00 e. The van der Waals surface area contributed by atoms with E-state index in [0.717, 1.165) is 16.6 Å². The van der Waals surface area contributed by atoms with E-state index in [1.807, 2.05) is 0 Å². The quantitative estimate of drug-likeness (QED) is 0.494. The number of nitrogens with zero attached hydrogens (tertiary/aromatic N) is 1. The SMILES string of the molecule is C[N+](C)(C)Cc1ccc(CON)cc1.[Cl-]. The second kappa shape index (κ2) is 6.08. The molecule has 86 valence electrons. The number of hydrogen-bond donors (Lipinski definition) is 1. The Hall–Kier alpha value is -0.610. The van der Waals surface area contributed by atoms with Gasteiger partial charge in [-0.1, -0.05) is 24.3 Å². The Balaban J connectivity index is 0.00000196. The number of benzene rings is 1. The van der Waals surface area contributed by atoms with Gasteiger partial charge in [-0.15, -0.1) is 0 Å². The Morgan fingerprint density at radius 1 is 1.07 bits per heavy atom. The third-order valence-electron chi connectivity index (χ3n) is 1.93. The van der Waals surface area contributed by atoms with Crippen LogP contribution in [-0.4, -0.2) is 25.6 Å². The molecule has 0 saturated heterocycles. The van der Waals surface area contributed by atoms with Crippen molar-refractivity contribution < 1.29 is 21.7 Å². The molecule has 0 bridgehead atoms. The minimum absolute atomic E-state index is 0. The second-order valence-electron chi connectivity index (χ2n) is 4.58. The predicted molar refractivity (Wildman–Crippen MR) is 57.2 cm³/mol. The zero-order chi connectivity index (χ0) is 10.6. The number of rotatable bonds is 4. The van der Waals surface area contributed by atoms with Gasteiger partial charge in [-0.05, 0) is 5.56 Å². The topological polar surface area (TPSA) is 35.2 Å². The fourth-order valence-electron chi connectivity index (χ4n) is 1.38. The van der Waals surface area contributed by atoms with Crippen LogP contribution in [0.15, 0.2) is 24.3 Å². The van der Waals surface area contributed by atoms with Crippen molar-refractivity contribution in [2.45, 2.75) is 13.2 Å². The number of nitrogens with two attached hydrogens (primary N) is 1. The molecule has 2 N–H and O–H groups in total. The van der Waals surface area contributed by atoms with E-state index in [2.05, 4.69) is 50.2 Å². The zero-order valence-corrected chi connectivity index (χ0v) is 10.3. The Morgan fingerprint density at radius 3 is 1.93 bits per heavy atom. The van der Waals surface area contributed by atoms with Crippen molar-refractivity contribution in [3.63, 3.8) is 0 Å². The van der Waals surface area contributed by atoms with Crippen LogP contribution in [0.5, 0.6) is 0 Å². The predicted octanol–water partition coefficient (Wildman–Crippen LogP) is -1.71. The molecular weight excluding hydrogens is 212 g/mol. The lowest BCUT2D eigenvalue weighted by Gasteiger charge is -2.23. The van der Waals surface area contributed by atoms with Gasteiger partial charge in [0.1, 0.15) is 6.54 Å². The molecule has 4 heteroatoms. The van der Waals surface area contributed by atoms with Crippen LogP contribution in [0.1, 0.15) is 11.1 Å². The molecule has 15 heavy (non-hydrogen) atoms. The first-order chi connectivity index (χ1) is 6.51. The van der Waals surface area contributed by atoms with Gasteiger partial charge in [-0.3, -0.25) is 4.84 Å². The fourth-order valence-corrected chi connectivity index (χ4v) is 1.38. The molecule has 0 saturated carbocycles. The molecule has 0 radical (unpaired) electrons. The van der Waals surface area contributed by atoms with E-state index in [-0.39, 0.29) is 12.4 Å². The molecule has 3 nitrogen and oxygen atoms in total. The third-order valence-corrected chi connectivity index (χ3v) is 1.93. The van der Waals surface area contributed by atoms with E-state index in [9.17, 15) is 0 Å². The Bertz CT molecular complexity index is 280. The summed E-state index contributed by atoms with van der Waals surface area (Å²) in [4.78, 5) is 4.56. The van der Waals surface area contributed by atoms with Crippen LogP contribution in [0.25, 0.3) is 0 Å². The number of quaternary nitrogens is 1. The summed E-state index contributed by atoms with van der Waals surface area (Å²) in [6, 6.07) is 8.35. The summed E-state index contributed by atoms with van der Waals surface area (Å²) in [5.41, 5.74) is 2.44. The summed E-state index contributed by atoms with van der Waals surface area (Å²) in [6.45, 7) is 1.51. The highest BCUT2D eigenvalue weighted by molar-refractivity contribution is 5.21. The van der Waals surface area contributed by atoms with Gasteiger partial charge in [0.25, 0.3) is 0 Å². The van der Waals surface area contributed by atoms with Crippen molar-refractivity contribution in [2.24, 2.45) is 5.90 Å². The molecule has 1 aromatic carbocycles. The maximum atomic E-state index is 5.00. The highest BCUT2D eigenvalue weighted by atomic mass is 35.5. The van der Waals surface area contributed by atoms with Gasteiger partial charge < -0.3 is 16.9 Å². The van der Waals surface area contributed by atoms with E-state index >= 15 is 0 Å². The van der Waals surface area contributed by atoms with Crippen molar-refractivity contribution in [3.05, 3.63) is 35.4 Å². The van der Waals surface area contributed by atoms with Crippen LogP contribution >= 0.6 is 0 Å². The Kier molecular flexibility index (Phi) is 5.83. The normalized spacial score (nSPS) is 10.9. The summed E-state index contributed by atoms with van der Waals surface area (Å²) < 4.78 is 0.937. The van der Waals surface area contributed by atoms with E-state index in [1.165, 1.54) is 5.56 Å². The first kappa shape index (κ1) is 14.4. The van der Waals surface area contributed by atoms with Crippen molar-refractivity contribution in [3.8, 4) is 0 Å². The average Bonchev–Trinajstić information content (AvgIpc) is 2.06. The van der Waals surface area contributed by atoms with Crippen LogP contribution in [0.3, 0.4) is 0 Å². The zero-order valence-electron chi connectivity index (χ0n) is 9.53. The lowest BCUT2D eigenvalue weighted by molar-refractivity contribution is -0.884. The first-order valence-electron chi connectivity index (χ1n) is 4.71. The van der Waals surface area contributed by atoms with Gasteiger partial charge in [0, 0.05) is 5.56 Å². The van der Waals surface area contributed by atoms with E-state index in [0.29, 0.717) is 6.61 Å². The second-order valence-corrected chi connectivity index (χ2v) is 4.58. The van der Waals surface area contributed by atoms with Gasteiger partial charge >= 0.3 is 0 Å². The highest BCUT2D eigenvalue weighted by Crippen LogP contribution is 2.09. The van der Waals surface area contributed by atoms with Crippen molar-refractivity contribution in [1.82, 2.24) is 0 Å². The minimum Gasteiger partial charge on any atom is -1.00 e. The molecule has 0 atom stereocenters.